The predicted octanol–water partition coefficient (Wildman–Crippen LogP) is 4.54. The number of hydrogen-bond acceptors (Lipinski definition) is 7. The lowest BCUT2D eigenvalue weighted by Crippen LogP contribution is -2.33. The summed E-state index contributed by atoms with van der Waals surface area (Å²) in [5, 5.41) is 0. The molecule has 0 unspecified atom stereocenters. The maximum Gasteiger partial charge on any atom is 0.573 e. The molecule has 2 aromatic heterocycles. The number of rotatable bonds is 6. The van der Waals surface area contributed by atoms with E-state index >= 15 is 0 Å². The molecule has 5 rings (SSSR count). The van der Waals surface area contributed by atoms with E-state index in [2.05, 4.69) is 19.7 Å². The first-order chi connectivity index (χ1) is 18.1. The minimum atomic E-state index is -4.90. The van der Waals surface area contributed by atoms with Gasteiger partial charge in [-0.1, -0.05) is 13.0 Å². The van der Waals surface area contributed by atoms with Gasteiger partial charge in [-0.15, -0.1) is 13.2 Å². The molecule has 13 heteroatoms. The van der Waals surface area contributed by atoms with E-state index in [4.69, 9.17) is 4.74 Å². The van der Waals surface area contributed by atoms with Gasteiger partial charge in [-0.05, 0) is 42.3 Å². The molecule has 3 heterocycles. The maximum absolute atomic E-state index is 13.2. The van der Waals surface area contributed by atoms with Crippen LogP contribution in [-0.4, -0.2) is 39.8 Å². The van der Waals surface area contributed by atoms with Crippen molar-refractivity contribution in [2.45, 2.75) is 19.7 Å². The van der Waals surface area contributed by atoms with Gasteiger partial charge in [0, 0.05) is 24.0 Å². The number of H-pyrrole nitrogens is 1. The summed E-state index contributed by atoms with van der Waals surface area (Å²) in [6.45, 7) is 1.49. The Morgan fingerprint density at radius 2 is 1.82 bits per heavy atom. The maximum atomic E-state index is 13.2. The number of urea groups is 1. The summed E-state index contributed by atoms with van der Waals surface area (Å²) in [5.74, 6) is -0.343. The van der Waals surface area contributed by atoms with Crippen LogP contribution in [-0.2, 0) is 11.2 Å². The van der Waals surface area contributed by atoms with Crippen LogP contribution < -0.4 is 24.8 Å². The zero-order valence-electron chi connectivity index (χ0n) is 19.7. The van der Waals surface area contributed by atoms with E-state index in [1.54, 1.807) is 18.2 Å². The zero-order chi connectivity index (χ0) is 27.0. The van der Waals surface area contributed by atoms with Gasteiger partial charge >= 0.3 is 12.4 Å². The van der Waals surface area contributed by atoms with Crippen molar-refractivity contribution in [3.63, 3.8) is 0 Å². The van der Waals surface area contributed by atoms with Gasteiger partial charge in [-0.2, -0.15) is 0 Å². The average Bonchev–Trinajstić information content (AvgIpc) is 3.17. The Morgan fingerprint density at radius 1 is 1.00 bits per heavy atom. The monoisotopic (exact) mass is 525 g/mol. The number of aryl methyl sites for hydroxylation is 1. The number of alkyl halides is 3. The van der Waals surface area contributed by atoms with E-state index in [-0.39, 0.29) is 23.6 Å². The van der Waals surface area contributed by atoms with Crippen molar-refractivity contribution in [1.29, 1.82) is 0 Å². The first kappa shape index (κ1) is 24.7. The predicted molar refractivity (Wildman–Crippen MR) is 129 cm³/mol. The summed E-state index contributed by atoms with van der Waals surface area (Å²) < 4.78 is 47.8. The van der Waals surface area contributed by atoms with E-state index in [0.29, 0.717) is 29.0 Å². The van der Waals surface area contributed by atoms with Crippen molar-refractivity contribution >= 4 is 34.5 Å². The van der Waals surface area contributed by atoms with Crippen LogP contribution in [0.4, 0.5) is 29.3 Å². The SMILES string of the molecule is CCc1cc(N2C(=O)CN(c3cccc(OC(F)(F)F)c3)C2=O)ccc1Oc1ccnc2ncc(=O)[nH]c12. The number of benzene rings is 2. The van der Waals surface area contributed by atoms with E-state index in [1.165, 1.54) is 24.4 Å². The number of ether oxygens (including phenoxy) is 2. The van der Waals surface area contributed by atoms with Crippen LogP contribution in [0.2, 0.25) is 0 Å². The number of aromatic amines is 1. The smallest absolute Gasteiger partial charge is 0.455 e. The Kier molecular flexibility index (Phi) is 6.18. The van der Waals surface area contributed by atoms with E-state index in [1.807, 2.05) is 6.92 Å². The standard InChI is InChI=1S/C25H18F3N5O5/c1-2-14-10-16(6-7-18(14)37-19-8-9-29-23-22(19)31-20(34)12-30-23)33-21(35)13-32(24(33)36)15-4-3-5-17(11-15)38-25(26,27)28/h3-12H,2,13H2,1H3,(H,31,34). The Labute approximate surface area is 212 Å². The fourth-order valence-corrected chi connectivity index (χ4v) is 4.01. The van der Waals surface area contributed by atoms with Crippen LogP contribution >= 0.6 is 0 Å². The van der Waals surface area contributed by atoms with Gasteiger partial charge in [-0.25, -0.2) is 19.7 Å². The van der Waals surface area contributed by atoms with Crippen molar-refractivity contribution < 1.29 is 32.2 Å². The summed E-state index contributed by atoms with van der Waals surface area (Å²) in [6, 6.07) is 10.4. The highest BCUT2D eigenvalue weighted by Gasteiger charge is 2.39. The lowest BCUT2D eigenvalue weighted by Gasteiger charge is -2.19. The number of aromatic nitrogens is 3. The molecule has 1 N–H and O–H groups in total. The lowest BCUT2D eigenvalue weighted by molar-refractivity contribution is -0.274. The second-order valence-corrected chi connectivity index (χ2v) is 8.15. The number of hydrogen-bond donors (Lipinski definition) is 1. The average molecular weight is 525 g/mol. The number of imide groups is 1. The van der Waals surface area contributed by atoms with Gasteiger partial charge in [-0.3, -0.25) is 14.5 Å². The molecule has 2 aromatic carbocycles. The molecule has 0 aliphatic carbocycles. The molecule has 0 saturated carbocycles. The third kappa shape index (κ3) is 4.85. The quantitative estimate of drug-likeness (QED) is 0.367. The van der Waals surface area contributed by atoms with Crippen LogP contribution in [0.5, 0.6) is 17.2 Å². The number of carbonyl (C=O) groups excluding carboxylic acids is 2. The summed E-state index contributed by atoms with van der Waals surface area (Å²) in [7, 11) is 0. The minimum absolute atomic E-state index is 0.0791. The summed E-state index contributed by atoms with van der Waals surface area (Å²) in [4.78, 5) is 50.4. The summed E-state index contributed by atoms with van der Waals surface area (Å²) in [6.07, 6.45) is -1.84. The molecule has 10 nitrogen and oxygen atoms in total. The number of carbonyl (C=O) groups is 2. The normalized spacial score (nSPS) is 13.9. The van der Waals surface area contributed by atoms with Gasteiger partial charge in [0.25, 0.3) is 11.5 Å². The number of halogens is 3. The first-order valence-corrected chi connectivity index (χ1v) is 11.3. The number of nitrogens with one attached hydrogen (secondary N) is 1. The first-order valence-electron chi connectivity index (χ1n) is 11.3. The van der Waals surface area contributed by atoms with Crippen molar-refractivity contribution in [2.24, 2.45) is 0 Å². The second kappa shape index (κ2) is 9.50. The summed E-state index contributed by atoms with van der Waals surface area (Å²) >= 11 is 0. The largest absolute Gasteiger partial charge is 0.573 e. The summed E-state index contributed by atoms with van der Waals surface area (Å²) in [5.41, 5.74) is 1.17. The Balaban J connectivity index is 1.42. The van der Waals surface area contributed by atoms with Gasteiger partial charge < -0.3 is 14.5 Å². The molecule has 4 aromatic rings. The van der Waals surface area contributed by atoms with Crippen LogP contribution in [0.1, 0.15) is 12.5 Å². The Morgan fingerprint density at radius 3 is 2.58 bits per heavy atom. The molecular formula is C25H18F3N5O5. The molecule has 0 bridgehead atoms. The van der Waals surface area contributed by atoms with Crippen LogP contribution in [0.15, 0.2) is 65.7 Å². The van der Waals surface area contributed by atoms with E-state index in [9.17, 15) is 27.6 Å². The second-order valence-electron chi connectivity index (χ2n) is 8.15. The molecule has 1 aliphatic rings. The number of pyridine rings is 1. The van der Waals surface area contributed by atoms with Gasteiger partial charge in [0.1, 0.15) is 23.6 Å². The molecule has 3 amide bonds. The number of fused-ring (bicyclic) bond motifs is 1. The van der Waals surface area contributed by atoms with Crippen LogP contribution in [0.25, 0.3) is 11.2 Å². The minimum Gasteiger partial charge on any atom is -0.455 e. The van der Waals surface area contributed by atoms with Crippen LogP contribution in [0.3, 0.4) is 0 Å². The topological polar surface area (TPSA) is 118 Å². The van der Waals surface area contributed by atoms with Crippen molar-refractivity contribution in [1.82, 2.24) is 15.0 Å². The molecule has 1 fully saturated rings. The van der Waals surface area contributed by atoms with Crippen LogP contribution in [0, 0.1) is 0 Å². The third-order valence-electron chi connectivity index (χ3n) is 5.68. The molecule has 1 aliphatic heterocycles. The van der Waals surface area contributed by atoms with Gasteiger partial charge in [0.15, 0.2) is 11.4 Å². The highest BCUT2D eigenvalue weighted by molar-refractivity contribution is 6.27. The molecule has 1 saturated heterocycles. The lowest BCUT2D eigenvalue weighted by atomic mass is 10.1. The third-order valence-corrected chi connectivity index (χ3v) is 5.68. The number of amides is 3. The van der Waals surface area contributed by atoms with E-state index in [0.717, 1.165) is 28.1 Å². The zero-order valence-corrected chi connectivity index (χ0v) is 19.7. The molecule has 194 valence electrons. The number of anilines is 2. The van der Waals surface area contributed by atoms with Gasteiger partial charge in [0.2, 0.25) is 0 Å². The Hall–Kier alpha value is -4.94. The molecule has 0 spiro atoms. The van der Waals surface area contributed by atoms with E-state index < -0.39 is 29.6 Å². The molecular weight excluding hydrogens is 507 g/mol. The molecule has 38 heavy (non-hydrogen) atoms. The fourth-order valence-electron chi connectivity index (χ4n) is 4.01. The van der Waals surface area contributed by atoms with Gasteiger partial charge in [0.05, 0.1) is 11.9 Å². The van der Waals surface area contributed by atoms with Crippen molar-refractivity contribution in [3.05, 3.63) is 76.8 Å². The Bertz CT molecular complexity index is 1620. The molecule has 0 atom stereocenters. The fraction of sp³-hybridized carbons (Fsp3) is 0.160. The number of nitrogens with zero attached hydrogens (tertiary/aromatic N) is 4. The highest BCUT2D eigenvalue weighted by atomic mass is 19.4. The highest BCUT2D eigenvalue weighted by Crippen LogP contribution is 2.35. The van der Waals surface area contributed by atoms with Crippen molar-refractivity contribution in [2.75, 3.05) is 16.3 Å². The van der Waals surface area contributed by atoms with Crippen molar-refractivity contribution in [3.8, 4) is 17.2 Å². The molecule has 0 radical (unpaired) electrons.